The smallest absolute Gasteiger partial charge is 0.0482 e. The van der Waals surface area contributed by atoms with E-state index in [0.717, 1.165) is 15.6 Å². The van der Waals surface area contributed by atoms with Gasteiger partial charge in [-0.3, -0.25) is 0 Å². The van der Waals surface area contributed by atoms with Gasteiger partial charge in [0.1, 0.15) is 0 Å². The molecule has 0 aromatic heterocycles. The van der Waals surface area contributed by atoms with E-state index >= 15 is 0 Å². The zero-order valence-electron chi connectivity index (χ0n) is 6.48. The summed E-state index contributed by atoms with van der Waals surface area (Å²) in [6, 6.07) is 5.62. The lowest BCUT2D eigenvalue weighted by Crippen LogP contribution is -2.01. The highest BCUT2D eigenvalue weighted by molar-refractivity contribution is 9.10. The van der Waals surface area contributed by atoms with Crippen molar-refractivity contribution in [1.29, 1.82) is 0 Å². The van der Waals surface area contributed by atoms with Crippen LogP contribution in [0.4, 0.5) is 0 Å². The summed E-state index contributed by atoms with van der Waals surface area (Å²) in [7, 11) is 0. The van der Waals surface area contributed by atoms with Crippen LogP contribution in [0.1, 0.15) is 5.56 Å². The first-order chi connectivity index (χ1) is 5.65. The van der Waals surface area contributed by atoms with Crippen molar-refractivity contribution in [3.63, 3.8) is 0 Å². The zero-order valence-corrected chi connectivity index (χ0v) is 8.82. The topological polar surface area (TPSA) is 26.0 Å². The van der Waals surface area contributed by atoms with Crippen LogP contribution in [0, 0.1) is 0 Å². The third-order valence-corrected chi connectivity index (χ3v) is 2.38. The highest BCUT2D eigenvalue weighted by atomic mass is 79.9. The molecule has 1 nitrogen and oxygen atoms in total. The second-order valence-electron chi connectivity index (χ2n) is 2.43. The molecule has 0 heterocycles. The van der Waals surface area contributed by atoms with Crippen molar-refractivity contribution in [3.8, 4) is 0 Å². The van der Waals surface area contributed by atoms with E-state index in [1.165, 1.54) is 0 Å². The average Bonchev–Trinajstić information content (AvgIpc) is 2.08. The van der Waals surface area contributed by atoms with E-state index in [1.807, 2.05) is 18.2 Å². The molecule has 0 amide bonds. The van der Waals surface area contributed by atoms with E-state index in [0.29, 0.717) is 11.6 Å². The molecule has 0 unspecified atom stereocenters. The fourth-order valence-corrected chi connectivity index (χ4v) is 1.49. The van der Waals surface area contributed by atoms with Gasteiger partial charge in [-0.2, -0.15) is 0 Å². The third kappa shape index (κ3) is 2.09. The van der Waals surface area contributed by atoms with Crippen LogP contribution in [0.5, 0.6) is 0 Å². The molecule has 1 aromatic carbocycles. The molecular weight excluding hydrogens is 237 g/mol. The lowest BCUT2D eigenvalue weighted by molar-refractivity contribution is 1.27. The van der Waals surface area contributed by atoms with Gasteiger partial charge in [0.2, 0.25) is 0 Å². The Bertz CT molecular complexity index is 309. The summed E-state index contributed by atoms with van der Waals surface area (Å²) < 4.78 is 0.983. The molecule has 0 atom stereocenters. The van der Waals surface area contributed by atoms with Crippen molar-refractivity contribution in [2.24, 2.45) is 5.73 Å². The van der Waals surface area contributed by atoms with Crippen LogP contribution in [-0.4, -0.2) is 6.54 Å². The maximum absolute atomic E-state index is 5.93. The highest BCUT2D eigenvalue weighted by Crippen LogP contribution is 2.25. The number of nitrogens with two attached hydrogens (primary N) is 1. The van der Waals surface area contributed by atoms with Crippen molar-refractivity contribution < 1.29 is 0 Å². The Hall–Kier alpha value is -0.310. The number of hydrogen-bond acceptors (Lipinski definition) is 1. The van der Waals surface area contributed by atoms with Gasteiger partial charge in [-0.05, 0) is 29.3 Å². The van der Waals surface area contributed by atoms with E-state index < -0.39 is 0 Å². The van der Waals surface area contributed by atoms with Gasteiger partial charge in [0.05, 0.1) is 0 Å². The Kier molecular flexibility index (Phi) is 3.32. The molecule has 0 spiro atoms. The maximum atomic E-state index is 5.93. The molecule has 0 aliphatic carbocycles. The van der Waals surface area contributed by atoms with E-state index in [2.05, 4.69) is 22.5 Å². The predicted octanol–water partition coefficient (Wildman–Crippen LogP) is 3.07. The van der Waals surface area contributed by atoms with E-state index in [-0.39, 0.29) is 0 Å². The largest absolute Gasteiger partial charge is 0.326 e. The fourth-order valence-electron chi connectivity index (χ4n) is 0.878. The van der Waals surface area contributed by atoms with E-state index in [9.17, 15) is 0 Å². The maximum Gasteiger partial charge on any atom is 0.0482 e. The van der Waals surface area contributed by atoms with Crippen LogP contribution < -0.4 is 5.73 Å². The van der Waals surface area contributed by atoms with Crippen LogP contribution in [0.25, 0.3) is 5.57 Å². The number of benzene rings is 1. The lowest BCUT2D eigenvalue weighted by Gasteiger charge is -2.05. The monoisotopic (exact) mass is 245 g/mol. The zero-order chi connectivity index (χ0) is 9.14. The standard InChI is InChI=1S/C9H9BrClN/c1-6(5-12)8-4-7(10)2-3-9(8)11/h2-4H,1,5,12H2. The Morgan fingerprint density at radius 2 is 2.25 bits per heavy atom. The van der Waals surface area contributed by atoms with Crippen LogP contribution in [0.2, 0.25) is 5.02 Å². The second-order valence-corrected chi connectivity index (χ2v) is 3.75. The van der Waals surface area contributed by atoms with Crippen molar-refractivity contribution in [2.45, 2.75) is 0 Å². The minimum Gasteiger partial charge on any atom is -0.326 e. The Labute approximate surface area is 85.3 Å². The molecule has 3 heteroatoms. The van der Waals surface area contributed by atoms with Gasteiger partial charge in [-0.15, -0.1) is 0 Å². The number of rotatable bonds is 2. The first-order valence-electron chi connectivity index (χ1n) is 3.48. The Morgan fingerprint density at radius 3 is 2.83 bits per heavy atom. The molecule has 0 saturated heterocycles. The summed E-state index contributed by atoms with van der Waals surface area (Å²) >= 11 is 9.29. The molecule has 1 rings (SSSR count). The first kappa shape index (κ1) is 9.78. The molecule has 12 heavy (non-hydrogen) atoms. The molecule has 0 saturated carbocycles. The first-order valence-corrected chi connectivity index (χ1v) is 4.65. The molecule has 0 fully saturated rings. The summed E-state index contributed by atoms with van der Waals surface area (Å²) in [6.45, 7) is 4.24. The van der Waals surface area contributed by atoms with Crippen molar-refractivity contribution >= 4 is 33.1 Å². The van der Waals surface area contributed by atoms with Crippen molar-refractivity contribution in [3.05, 3.63) is 39.8 Å². The van der Waals surface area contributed by atoms with Gasteiger partial charge in [-0.1, -0.05) is 34.1 Å². The number of hydrogen-bond donors (Lipinski definition) is 1. The van der Waals surface area contributed by atoms with Gasteiger partial charge < -0.3 is 5.73 Å². The van der Waals surface area contributed by atoms with Crippen LogP contribution >= 0.6 is 27.5 Å². The van der Waals surface area contributed by atoms with Gasteiger partial charge in [-0.25, -0.2) is 0 Å². The second kappa shape index (κ2) is 4.08. The van der Waals surface area contributed by atoms with Gasteiger partial charge in [0, 0.05) is 16.0 Å². The van der Waals surface area contributed by atoms with Crippen LogP contribution in [-0.2, 0) is 0 Å². The predicted molar refractivity (Wildman–Crippen MR) is 57.2 cm³/mol. The summed E-state index contributed by atoms with van der Waals surface area (Å²) in [4.78, 5) is 0. The molecule has 2 N–H and O–H groups in total. The SMILES string of the molecule is C=C(CN)c1cc(Br)ccc1Cl. The minimum atomic E-state index is 0.427. The third-order valence-electron chi connectivity index (χ3n) is 1.56. The van der Waals surface area contributed by atoms with E-state index in [4.69, 9.17) is 17.3 Å². The molecule has 1 aromatic rings. The highest BCUT2D eigenvalue weighted by Gasteiger charge is 2.02. The quantitative estimate of drug-likeness (QED) is 0.853. The molecule has 64 valence electrons. The van der Waals surface area contributed by atoms with Crippen molar-refractivity contribution in [2.75, 3.05) is 6.54 Å². The fraction of sp³-hybridized carbons (Fsp3) is 0.111. The summed E-state index contributed by atoms with van der Waals surface area (Å²) in [5.41, 5.74) is 7.21. The summed E-state index contributed by atoms with van der Waals surface area (Å²) in [5, 5.41) is 0.689. The van der Waals surface area contributed by atoms with Crippen LogP contribution in [0.15, 0.2) is 29.3 Å². The van der Waals surface area contributed by atoms with Gasteiger partial charge in [0.15, 0.2) is 0 Å². The summed E-state index contributed by atoms with van der Waals surface area (Å²) in [6.07, 6.45) is 0. The summed E-state index contributed by atoms with van der Waals surface area (Å²) in [5.74, 6) is 0. The molecule has 0 aliphatic heterocycles. The van der Waals surface area contributed by atoms with Crippen molar-refractivity contribution in [1.82, 2.24) is 0 Å². The lowest BCUT2D eigenvalue weighted by atomic mass is 10.1. The Morgan fingerprint density at radius 1 is 1.58 bits per heavy atom. The van der Waals surface area contributed by atoms with Gasteiger partial charge >= 0.3 is 0 Å². The van der Waals surface area contributed by atoms with Gasteiger partial charge in [0.25, 0.3) is 0 Å². The molecular formula is C9H9BrClN. The average molecular weight is 247 g/mol. The number of halogens is 2. The molecule has 0 radical (unpaired) electrons. The molecule has 0 aliphatic rings. The normalized spacial score (nSPS) is 9.92. The Balaban J connectivity index is 3.13. The van der Waals surface area contributed by atoms with E-state index in [1.54, 1.807) is 0 Å². The molecule has 0 bridgehead atoms. The van der Waals surface area contributed by atoms with Crippen LogP contribution in [0.3, 0.4) is 0 Å². The minimum absolute atomic E-state index is 0.427.